The van der Waals surface area contributed by atoms with Crippen molar-refractivity contribution in [2.75, 3.05) is 11.9 Å². The van der Waals surface area contributed by atoms with Crippen molar-refractivity contribution in [1.29, 1.82) is 0 Å². The third-order valence-corrected chi connectivity index (χ3v) is 3.41. The summed E-state index contributed by atoms with van der Waals surface area (Å²) in [5, 5.41) is 23.4. The zero-order valence-corrected chi connectivity index (χ0v) is 10.9. The van der Waals surface area contributed by atoms with Crippen LogP contribution in [0.5, 0.6) is 0 Å². The summed E-state index contributed by atoms with van der Waals surface area (Å²) in [6.45, 7) is 1.91. The Bertz CT molecular complexity index is 573. The maximum Gasteiger partial charge on any atom is 0.290 e. The van der Waals surface area contributed by atoms with Crippen LogP contribution in [0.15, 0.2) is 24.0 Å². The summed E-state index contributed by atoms with van der Waals surface area (Å²) in [4.78, 5) is 18.8. The predicted octanol–water partition coefficient (Wildman–Crippen LogP) is 1.90. The molecule has 0 fully saturated rings. The van der Waals surface area contributed by atoms with Gasteiger partial charge in [0.15, 0.2) is 0 Å². The summed E-state index contributed by atoms with van der Waals surface area (Å²) >= 11 is 1.36. The first kappa shape index (κ1) is 13.4. The Labute approximate surface area is 113 Å². The number of aryl methyl sites for hydroxylation is 1. The average molecular weight is 280 g/mol. The van der Waals surface area contributed by atoms with E-state index in [-0.39, 0.29) is 12.2 Å². The molecule has 0 radical (unpaired) electrons. The van der Waals surface area contributed by atoms with Crippen LogP contribution in [0.25, 0.3) is 0 Å². The number of aliphatic hydroxyl groups excluding tert-OH is 1. The lowest BCUT2D eigenvalue weighted by molar-refractivity contribution is -0.385. The molecule has 0 aliphatic heterocycles. The minimum Gasteiger partial charge on any atom is -0.386 e. The Kier molecular flexibility index (Phi) is 4.03. The molecule has 0 aromatic carbocycles. The average Bonchev–Trinajstić information content (AvgIpc) is 2.89. The Morgan fingerprint density at radius 2 is 2.37 bits per heavy atom. The normalized spacial score (nSPS) is 12.1. The summed E-state index contributed by atoms with van der Waals surface area (Å²) in [5.74, 6) is 0.492. The smallest absolute Gasteiger partial charge is 0.290 e. The zero-order valence-electron chi connectivity index (χ0n) is 10.1. The van der Waals surface area contributed by atoms with E-state index in [1.807, 2.05) is 0 Å². The van der Waals surface area contributed by atoms with Crippen LogP contribution in [-0.4, -0.2) is 26.5 Å². The van der Waals surface area contributed by atoms with Crippen LogP contribution < -0.4 is 5.32 Å². The second kappa shape index (κ2) is 5.72. The fourth-order valence-corrected chi connectivity index (χ4v) is 2.13. The van der Waals surface area contributed by atoms with Gasteiger partial charge in [0, 0.05) is 18.3 Å². The molecule has 2 aromatic heterocycles. The van der Waals surface area contributed by atoms with Crippen LogP contribution >= 0.6 is 11.3 Å². The Morgan fingerprint density at radius 1 is 1.58 bits per heavy atom. The monoisotopic (exact) mass is 280 g/mol. The molecule has 8 heteroatoms. The van der Waals surface area contributed by atoms with Crippen molar-refractivity contribution in [3.8, 4) is 0 Å². The van der Waals surface area contributed by atoms with Crippen LogP contribution in [0, 0.1) is 17.0 Å². The van der Waals surface area contributed by atoms with Gasteiger partial charge in [-0.1, -0.05) is 0 Å². The molecule has 0 saturated heterocycles. The zero-order chi connectivity index (χ0) is 13.8. The van der Waals surface area contributed by atoms with Crippen molar-refractivity contribution in [1.82, 2.24) is 9.97 Å². The van der Waals surface area contributed by atoms with Gasteiger partial charge in [-0.3, -0.25) is 15.1 Å². The van der Waals surface area contributed by atoms with Crippen LogP contribution in [0.4, 0.5) is 11.5 Å². The molecule has 0 aliphatic carbocycles. The minimum absolute atomic E-state index is 0.0199. The van der Waals surface area contributed by atoms with E-state index in [0.717, 1.165) is 4.88 Å². The highest BCUT2D eigenvalue weighted by Crippen LogP contribution is 2.20. The lowest BCUT2D eigenvalue weighted by Crippen LogP contribution is -2.12. The van der Waals surface area contributed by atoms with Crippen LogP contribution in [0.3, 0.4) is 0 Å². The van der Waals surface area contributed by atoms with E-state index in [1.54, 1.807) is 24.7 Å². The maximum atomic E-state index is 10.7. The molecule has 2 heterocycles. The maximum absolute atomic E-state index is 10.7. The molecule has 100 valence electrons. The molecule has 1 unspecified atom stereocenters. The fourth-order valence-electron chi connectivity index (χ4n) is 1.53. The Hall–Kier alpha value is -2.06. The molecule has 7 nitrogen and oxygen atoms in total. The first-order valence-corrected chi connectivity index (χ1v) is 6.37. The Balaban J connectivity index is 2.00. The molecule has 0 amide bonds. The topological polar surface area (TPSA) is 101 Å². The van der Waals surface area contributed by atoms with Gasteiger partial charge in [0.1, 0.15) is 18.1 Å². The van der Waals surface area contributed by atoms with Crippen LogP contribution in [0.2, 0.25) is 0 Å². The summed E-state index contributed by atoms with van der Waals surface area (Å²) in [7, 11) is 0. The van der Waals surface area contributed by atoms with Gasteiger partial charge in [-0.25, -0.2) is 4.98 Å². The van der Waals surface area contributed by atoms with Crippen LogP contribution in [0.1, 0.15) is 16.5 Å². The van der Waals surface area contributed by atoms with Crippen molar-refractivity contribution >= 4 is 22.8 Å². The molecular formula is C11H12N4O3S. The Morgan fingerprint density at radius 3 is 2.95 bits per heavy atom. The predicted molar refractivity (Wildman–Crippen MR) is 71.2 cm³/mol. The summed E-state index contributed by atoms with van der Waals surface area (Å²) < 4.78 is 0. The third kappa shape index (κ3) is 3.24. The number of hydrogen-bond donors (Lipinski definition) is 2. The van der Waals surface area contributed by atoms with E-state index < -0.39 is 11.0 Å². The molecule has 2 rings (SSSR count). The van der Waals surface area contributed by atoms with Gasteiger partial charge in [-0.15, -0.1) is 11.3 Å². The largest absolute Gasteiger partial charge is 0.386 e. The van der Waals surface area contributed by atoms with Crippen molar-refractivity contribution in [2.45, 2.75) is 13.0 Å². The van der Waals surface area contributed by atoms with E-state index in [2.05, 4.69) is 15.3 Å². The van der Waals surface area contributed by atoms with E-state index >= 15 is 0 Å². The quantitative estimate of drug-likeness (QED) is 0.640. The first-order valence-electron chi connectivity index (χ1n) is 5.49. The van der Waals surface area contributed by atoms with Crippen molar-refractivity contribution in [3.05, 3.63) is 44.5 Å². The summed E-state index contributed by atoms with van der Waals surface area (Å²) in [6.07, 6.45) is 2.13. The van der Waals surface area contributed by atoms with E-state index in [9.17, 15) is 15.2 Å². The second-order valence-electron chi connectivity index (χ2n) is 3.91. The highest BCUT2D eigenvalue weighted by molar-refractivity contribution is 7.09. The molecule has 2 N–H and O–H groups in total. The number of rotatable bonds is 5. The molecule has 19 heavy (non-hydrogen) atoms. The third-order valence-electron chi connectivity index (χ3n) is 2.54. The first-order chi connectivity index (χ1) is 9.08. The SMILES string of the molecule is Cc1cc(NCC(O)c2cncs2)ncc1[N+](=O)[O-]. The summed E-state index contributed by atoms with van der Waals surface area (Å²) in [6, 6.07) is 1.58. The second-order valence-corrected chi connectivity index (χ2v) is 4.83. The number of aromatic nitrogens is 2. The number of nitrogens with one attached hydrogen (secondary N) is 1. The number of nitro groups is 1. The summed E-state index contributed by atoms with van der Waals surface area (Å²) in [5.41, 5.74) is 2.15. The molecule has 0 saturated carbocycles. The van der Waals surface area contributed by atoms with Gasteiger partial charge in [0.05, 0.1) is 15.3 Å². The minimum atomic E-state index is -0.676. The van der Waals surface area contributed by atoms with E-state index in [4.69, 9.17) is 0 Å². The lowest BCUT2D eigenvalue weighted by atomic mass is 10.2. The molecule has 1 atom stereocenters. The lowest BCUT2D eigenvalue weighted by Gasteiger charge is -2.10. The van der Waals surface area contributed by atoms with Gasteiger partial charge < -0.3 is 10.4 Å². The van der Waals surface area contributed by atoms with Crippen molar-refractivity contribution in [3.63, 3.8) is 0 Å². The van der Waals surface area contributed by atoms with Gasteiger partial charge in [-0.05, 0) is 13.0 Å². The number of nitrogens with zero attached hydrogens (tertiary/aromatic N) is 3. The highest BCUT2D eigenvalue weighted by atomic mass is 32.1. The standard InChI is InChI=1S/C11H12N4O3S/c1-7-2-11(13-3-8(7)15(17)18)14-4-9(16)10-5-12-6-19-10/h2-3,5-6,9,16H,4H2,1H3,(H,13,14). The molecular weight excluding hydrogens is 268 g/mol. The van der Waals surface area contributed by atoms with Gasteiger partial charge in [-0.2, -0.15) is 0 Å². The molecule has 0 aliphatic rings. The van der Waals surface area contributed by atoms with Crippen molar-refractivity contribution < 1.29 is 10.0 Å². The van der Waals surface area contributed by atoms with Gasteiger partial charge >= 0.3 is 0 Å². The highest BCUT2D eigenvalue weighted by Gasteiger charge is 2.13. The number of thiazole rings is 1. The molecule has 2 aromatic rings. The van der Waals surface area contributed by atoms with E-state index in [0.29, 0.717) is 11.4 Å². The molecule has 0 spiro atoms. The fraction of sp³-hybridized carbons (Fsp3) is 0.273. The number of anilines is 1. The number of pyridine rings is 1. The van der Waals surface area contributed by atoms with Crippen molar-refractivity contribution in [2.24, 2.45) is 0 Å². The number of hydrogen-bond acceptors (Lipinski definition) is 7. The molecule has 0 bridgehead atoms. The van der Waals surface area contributed by atoms with Gasteiger partial charge in [0.2, 0.25) is 0 Å². The number of aliphatic hydroxyl groups is 1. The van der Waals surface area contributed by atoms with E-state index in [1.165, 1.54) is 17.5 Å². The van der Waals surface area contributed by atoms with Gasteiger partial charge in [0.25, 0.3) is 5.69 Å². The van der Waals surface area contributed by atoms with Crippen LogP contribution in [-0.2, 0) is 0 Å².